The molecule has 1 atom stereocenters. The quantitative estimate of drug-likeness (QED) is 0.909. The molecule has 0 radical (unpaired) electrons. The van der Waals surface area contributed by atoms with Gasteiger partial charge in [0.15, 0.2) is 0 Å². The first-order chi connectivity index (χ1) is 11.5. The van der Waals surface area contributed by atoms with E-state index in [2.05, 4.69) is 9.97 Å². The summed E-state index contributed by atoms with van der Waals surface area (Å²) in [7, 11) is 0. The van der Waals surface area contributed by atoms with Gasteiger partial charge in [0, 0.05) is 43.3 Å². The second kappa shape index (κ2) is 6.82. The molecule has 24 heavy (non-hydrogen) atoms. The normalized spacial score (nSPS) is 17.7. The van der Waals surface area contributed by atoms with Crippen molar-refractivity contribution >= 4 is 11.8 Å². The van der Waals surface area contributed by atoms with Crippen LogP contribution in [-0.2, 0) is 11.3 Å². The molecule has 126 valence electrons. The van der Waals surface area contributed by atoms with Crippen molar-refractivity contribution in [2.24, 2.45) is 5.73 Å². The number of carbonyl (C=O) groups excluding carboxylic acids is 2. The molecular formula is C17H21N5O2. The Morgan fingerprint density at radius 3 is 2.88 bits per heavy atom. The fourth-order valence-electron chi connectivity index (χ4n) is 3.13. The highest BCUT2D eigenvalue weighted by atomic mass is 16.2. The maximum absolute atomic E-state index is 12.7. The fraction of sp³-hybridized carbons (Fsp3) is 0.412. The van der Waals surface area contributed by atoms with E-state index in [0.29, 0.717) is 12.1 Å². The van der Waals surface area contributed by atoms with Crippen molar-refractivity contribution in [3.8, 4) is 0 Å². The molecule has 2 N–H and O–H groups in total. The number of rotatable bonds is 4. The summed E-state index contributed by atoms with van der Waals surface area (Å²) in [6, 6.07) is 3.65. The Kier molecular flexibility index (Phi) is 4.59. The van der Waals surface area contributed by atoms with E-state index in [-0.39, 0.29) is 18.4 Å². The van der Waals surface area contributed by atoms with Gasteiger partial charge in [-0.2, -0.15) is 0 Å². The molecule has 0 aliphatic carbocycles. The Bertz CT molecular complexity index is 738. The molecule has 7 nitrogen and oxygen atoms in total. The number of nitrogens with two attached hydrogens (primary N) is 1. The molecule has 2 aromatic heterocycles. The zero-order chi connectivity index (χ0) is 17.1. The van der Waals surface area contributed by atoms with E-state index in [4.69, 9.17) is 5.73 Å². The lowest BCUT2D eigenvalue weighted by Crippen LogP contribution is -2.40. The molecule has 0 spiro atoms. The van der Waals surface area contributed by atoms with E-state index in [0.717, 1.165) is 30.9 Å². The van der Waals surface area contributed by atoms with Crippen LogP contribution >= 0.6 is 0 Å². The summed E-state index contributed by atoms with van der Waals surface area (Å²) in [6.45, 7) is 3.31. The summed E-state index contributed by atoms with van der Waals surface area (Å²) in [5.74, 6) is 0.507. The number of aromatic nitrogens is 3. The summed E-state index contributed by atoms with van der Waals surface area (Å²) in [6.07, 6.45) is 6.88. The third-order valence-corrected chi connectivity index (χ3v) is 4.31. The lowest BCUT2D eigenvalue weighted by molar-refractivity contribution is -0.118. The van der Waals surface area contributed by atoms with E-state index < -0.39 is 5.91 Å². The van der Waals surface area contributed by atoms with Gasteiger partial charge in [0.25, 0.3) is 5.91 Å². The summed E-state index contributed by atoms with van der Waals surface area (Å²) in [5, 5.41) is 0. The zero-order valence-corrected chi connectivity index (χ0v) is 13.7. The predicted octanol–water partition coefficient (Wildman–Crippen LogP) is 1.09. The van der Waals surface area contributed by atoms with Crippen molar-refractivity contribution in [2.45, 2.75) is 32.2 Å². The first-order valence-electron chi connectivity index (χ1n) is 8.06. The van der Waals surface area contributed by atoms with Gasteiger partial charge in [0.2, 0.25) is 5.91 Å². The summed E-state index contributed by atoms with van der Waals surface area (Å²) >= 11 is 0. The molecule has 7 heteroatoms. The number of nitrogens with zero attached hydrogens (tertiary/aromatic N) is 4. The van der Waals surface area contributed by atoms with E-state index in [1.807, 2.05) is 24.0 Å². The smallest absolute Gasteiger partial charge is 0.255 e. The number of piperidine rings is 1. The number of hydrogen-bond donors (Lipinski definition) is 1. The molecule has 0 bridgehead atoms. The Morgan fingerprint density at radius 2 is 2.17 bits per heavy atom. The first-order valence-corrected chi connectivity index (χ1v) is 8.06. The number of amides is 2. The fourth-order valence-corrected chi connectivity index (χ4v) is 3.13. The van der Waals surface area contributed by atoms with Gasteiger partial charge in [-0.1, -0.05) is 0 Å². The van der Waals surface area contributed by atoms with Crippen LogP contribution in [0.1, 0.15) is 40.6 Å². The van der Waals surface area contributed by atoms with Crippen LogP contribution in [0, 0.1) is 6.92 Å². The predicted molar refractivity (Wildman–Crippen MR) is 88.3 cm³/mol. The average Bonchev–Trinajstić information content (AvgIpc) is 3.02. The average molecular weight is 327 g/mol. The second-order valence-corrected chi connectivity index (χ2v) is 6.16. The summed E-state index contributed by atoms with van der Waals surface area (Å²) < 4.78 is 1.77. The number of hydrogen-bond acceptors (Lipinski definition) is 4. The number of likely N-dealkylation sites (tertiary alicyclic amines) is 1. The lowest BCUT2D eigenvalue weighted by atomic mass is 9.96. The molecule has 1 aliphatic heterocycles. The van der Waals surface area contributed by atoms with Crippen molar-refractivity contribution in [1.82, 2.24) is 19.4 Å². The molecule has 0 aromatic carbocycles. The Labute approximate surface area is 140 Å². The van der Waals surface area contributed by atoms with Gasteiger partial charge in [-0.3, -0.25) is 14.6 Å². The van der Waals surface area contributed by atoms with E-state index in [1.165, 1.54) is 0 Å². The molecular weight excluding hydrogens is 306 g/mol. The number of primary amides is 1. The lowest BCUT2D eigenvalue weighted by Gasteiger charge is -2.32. The topological polar surface area (TPSA) is 94.1 Å². The largest absolute Gasteiger partial charge is 0.368 e. The molecule has 2 amide bonds. The van der Waals surface area contributed by atoms with Gasteiger partial charge in [-0.15, -0.1) is 0 Å². The molecule has 1 fully saturated rings. The standard InChI is InChI=1S/C17H21N5O2/c1-12-4-5-13(9-20-12)17(24)22-7-2-3-14(10-22)16-19-6-8-21(16)11-15(18)23/h4-6,8-9,14H,2-3,7,10-11H2,1H3,(H2,18,23)/t14-/m1/s1. The highest BCUT2D eigenvalue weighted by Gasteiger charge is 2.28. The van der Waals surface area contributed by atoms with Crippen molar-refractivity contribution < 1.29 is 9.59 Å². The van der Waals surface area contributed by atoms with Crippen LogP contribution in [0.15, 0.2) is 30.7 Å². The Balaban J connectivity index is 1.75. The maximum Gasteiger partial charge on any atom is 0.255 e. The van der Waals surface area contributed by atoms with Gasteiger partial charge in [0.1, 0.15) is 12.4 Å². The Morgan fingerprint density at radius 1 is 1.33 bits per heavy atom. The van der Waals surface area contributed by atoms with Crippen LogP contribution in [0.3, 0.4) is 0 Å². The number of carbonyl (C=O) groups is 2. The molecule has 2 aromatic rings. The van der Waals surface area contributed by atoms with Gasteiger partial charge in [0.05, 0.1) is 5.56 Å². The highest BCUT2D eigenvalue weighted by Crippen LogP contribution is 2.26. The third-order valence-electron chi connectivity index (χ3n) is 4.31. The maximum atomic E-state index is 12.7. The summed E-state index contributed by atoms with van der Waals surface area (Å²) in [4.78, 5) is 34.3. The highest BCUT2D eigenvalue weighted by molar-refractivity contribution is 5.94. The van der Waals surface area contributed by atoms with Gasteiger partial charge >= 0.3 is 0 Å². The number of pyridine rings is 1. The van der Waals surface area contributed by atoms with Gasteiger partial charge < -0.3 is 15.2 Å². The van der Waals surface area contributed by atoms with Crippen LogP contribution < -0.4 is 5.73 Å². The first kappa shape index (κ1) is 16.2. The second-order valence-electron chi connectivity index (χ2n) is 6.16. The minimum atomic E-state index is -0.399. The van der Waals surface area contributed by atoms with E-state index in [1.54, 1.807) is 23.2 Å². The monoisotopic (exact) mass is 327 g/mol. The molecule has 0 saturated carbocycles. The van der Waals surface area contributed by atoms with Crippen LogP contribution in [-0.4, -0.2) is 44.3 Å². The molecule has 1 aliphatic rings. The van der Waals surface area contributed by atoms with Crippen LogP contribution in [0.4, 0.5) is 0 Å². The van der Waals surface area contributed by atoms with Crippen LogP contribution in [0.2, 0.25) is 0 Å². The van der Waals surface area contributed by atoms with Crippen molar-refractivity contribution in [3.05, 3.63) is 47.8 Å². The number of aryl methyl sites for hydroxylation is 1. The van der Waals surface area contributed by atoms with Crippen molar-refractivity contribution in [2.75, 3.05) is 13.1 Å². The van der Waals surface area contributed by atoms with Crippen LogP contribution in [0.25, 0.3) is 0 Å². The molecule has 3 heterocycles. The number of imidazole rings is 1. The molecule has 3 rings (SSSR count). The Hall–Kier alpha value is -2.70. The minimum absolute atomic E-state index is 0.0137. The van der Waals surface area contributed by atoms with Gasteiger partial charge in [-0.25, -0.2) is 4.98 Å². The van der Waals surface area contributed by atoms with Gasteiger partial charge in [-0.05, 0) is 31.9 Å². The van der Waals surface area contributed by atoms with Crippen molar-refractivity contribution in [3.63, 3.8) is 0 Å². The van der Waals surface area contributed by atoms with E-state index >= 15 is 0 Å². The van der Waals surface area contributed by atoms with Crippen LogP contribution in [0.5, 0.6) is 0 Å². The van der Waals surface area contributed by atoms with E-state index in [9.17, 15) is 9.59 Å². The summed E-state index contributed by atoms with van der Waals surface area (Å²) in [5.41, 5.74) is 6.77. The third kappa shape index (κ3) is 3.45. The minimum Gasteiger partial charge on any atom is -0.368 e. The van der Waals surface area contributed by atoms with Crippen molar-refractivity contribution in [1.29, 1.82) is 0 Å². The zero-order valence-electron chi connectivity index (χ0n) is 13.7. The molecule has 0 unspecified atom stereocenters. The molecule has 1 saturated heterocycles. The SMILES string of the molecule is Cc1ccc(C(=O)N2CCC[C@@H](c3nccn3CC(N)=O)C2)cn1.